The molecule has 6 heteroatoms. The van der Waals surface area contributed by atoms with Gasteiger partial charge in [-0.1, -0.05) is 29.8 Å². The highest BCUT2D eigenvalue weighted by Gasteiger charge is 2.52. The Bertz CT molecular complexity index is 803. The number of halogens is 1. The highest BCUT2D eigenvalue weighted by Crippen LogP contribution is 2.49. The molecule has 1 aromatic carbocycles. The molecule has 0 spiro atoms. The van der Waals surface area contributed by atoms with E-state index in [0.29, 0.717) is 11.6 Å². The number of nitrogens with zero attached hydrogens (tertiary/aromatic N) is 2. The highest BCUT2D eigenvalue weighted by atomic mass is 35.5. The number of fused-ring (bicyclic) bond motifs is 3. The Hall–Kier alpha value is -1.59. The van der Waals surface area contributed by atoms with Gasteiger partial charge in [-0.05, 0) is 38.3 Å². The van der Waals surface area contributed by atoms with Crippen molar-refractivity contribution in [1.29, 1.82) is 0 Å². The summed E-state index contributed by atoms with van der Waals surface area (Å²) >= 11 is 7.89. The molecule has 23 heavy (non-hydrogen) atoms. The first-order valence-electron chi connectivity index (χ1n) is 7.85. The number of benzene rings is 1. The SMILES string of the molecule is CCOC(=O)N1C2CC=CC1(c1nc3c(Cl)cccc3s1)CC2. The Morgan fingerprint density at radius 3 is 3.22 bits per heavy atom. The molecule has 1 amide bonds. The third-order valence-electron chi connectivity index (χ3n) is 4.66. The lowest BCUT2D eigenvalue weighted by Crippen LogP contribution is -2.49. The molecule has 0 radical (unpaired) electrons. The fourth-order valence-electron chi connectivity index (χ4n) is 3.66. The van der Waals surface area contributed by atoms with Crippen LogP contribution in [0.2, 0.25) is 5.02 Å². The van der Waals surface area contributed by atoms with E-state index in [-0.39, 0.29) is 12.1 Å². The fourth-order valence-corrected chi connectivity index (χ4v) is 5.12. The maximum atomic E-state index is 12.5. The van der Waals surface area contributed by atoms with Gasteiger partial charge >= 0.3 is 6.09 Å². The normalized spacial score (nSPS) is 26.0. The number of carbonyl (C=O) groups is 1. The monoisotopic (exact) mass is 348 g/mol. The maximum Gasteiger partial charge on any atom is 0.411 e. The molecule has 2 unspecified atom stereocenters. The van der Waals surface area contributed by atoms with Crippen molar-refractivity contribution in [2.75, 3.05) is 6.61 Å². The summed E-state index contributed by atoms with van der Waals surface area (Å²) in [7, 11) is 0. The zero-order valence-electron chi connectivity index (χ0n) is 12.8. The molecular formula is C17H17ClN2O2S. The summed E-state index contributed by atoms with van der Waals surface area (Å²) in [6, 6.07) is 6.00. The Morgan fingerprint density at radius 2 is 2.43 bits per heavy atom. The molecule has 2 aliphatic heterocycles. The average molecular weight is 349 g/mol. The van der Waals surface area contributed by atoms with E-state index in [1.807, 2.05) is 30.0 Å². The summed E-state index contributed by atoms with van der Waals surface area (Å²) in [5.74, 6) is 0. The second kappa shape index (κ2) is 5.49. The van der Waals surface area contributed by atoms with Gasteiger partial charge in [0.15, 0.2) is 0 Å². The summed E-state index contributed by atoms with van der Waals surface area (Å²) in [4.78, 5) is 19.2. The van der Waals surface area contributed by atoms with Gasteiger partial charge in [-0.2, -0.15) is 0 Å². The number of aromatic nitrogens is 1. The summed E-state index contributed by atoms with van der Waals surface area (Å²) in [6.07, 6.45) is 6.77. The van der Waals surface area contributed by atoms with E-state index >= 15 is 0 Å². The topological polar surface area (TPSA) is 42.4 Å². The number of amides is 1. The van der Waals surface area contributed by atoms with Crippen LogP contribution in [-0.4, -0.2) is 28.6 Å². The summed E-state index contributed by atoms with van der Waals surface area (Å²) in [5.41, 5.74) is 0.331. The van der Waals surface area contributed by atoms with Crippen LogP contribution in [0.4, 0.5) is 4.79 Å². The van der Waals surface area contributed by atoms with E-state index in [2.05, 4.69) is 12.2 Å². The number of para-hydroxylation sites is 1. The van der Waals surface area contributed by atoms with Gasteiger partial charge in [-0.15, -0.1) is 11.3 Å². The molecule has 2 atom stereocenters. The number of hydrogen-bond donors (Lipinski definition) is 0. The standard InChI is InChI=1S/C17H17ClN2O2S/c1-2-22-16(21)20-11-5-4-9-17(20,10-8-11)15-19-14-12(18)6-3-7-13(14)23-15/h3-4,6-7,9,11H,2,5,8,10H2,1H3. The molecule has 2 aromatic rings. The fraction of sp³-hybridized carbons (Fsp3) is 0.412. The Balaban J connectivity index is 1.85. The second-order valence-corrected chi connectivity index (χ2v) is 7.37. The number of ether oxygens (including phenoxy) is 1. The minimum Gasteiger partial charge on any atom is -0.450 e. The van der Waals surface area contributed by atoms with Crippen molar-refractivity contribution in [3.8, 4) is 0 Å². The Labute approximate surface area is 143 Å². The third kappa shape index (κ3) is 2.17. The second-order valence-electron chi connectivity index (χ2n) is 5.93. The molecule has 1 saturated heterocycles. The molecule has 1 aromatic heterocycles. The van der Waals surface area contributed by atoms with Gasteiger partial charge in [-0.3, -0.25) is 4.90 Å². The van der Waals surface area contributed by atoms with Crippen molar-refractivity contribution in [2.24, 2.45) is 0 Å². The summed E-state index contributed by atoms with van der Waals surface area (Å²) in [5, 5.41) is 1.57. The summed E-state index contributed by atoms with van der Waals surface area (Å²) in [6.45, 7) is 2.22. The van der Waals surface area contributed by atoms with Gasteiger partial charge in [0, 0.05) is 6.04 Å². The Morgan fingerprint density at radius 1 is 1.57 bits per heavy atom. The molecule has 0 N–H and O–H groups in total. The van der Waals surface area contributed by atoms with Gasteiger partial charge in [0.25, 0.3) is 0 Å². The summed E-state index contributed by atoms with van der Waals surface area (Å²) < 4.78 is 6.36. The largest absolute Gasteiger partial charge is 0.450 e. The maximum absolute atomic E-state index is 12.5. The number of rotatable bonds is 2. The lowest BCUT2D eigenvalue weighted by atomic mass is 9.95. The van der Waals surface area contributed by atoms with Crippen LogP contribution in [0.1, 0.15) is 31.2 Å². The van der Waals surface area contributed by atoms with Crippen LogP contribution < -0.4 is 0 Å². The van der Waals surface area contributed by atoms with Crippen molar-refractivity contribution in [3.63, 3.8) is 0 Å². The molecule has 4 nitrogen and oxygen atoms in total. The van der Waals surface area contributed by atoms with Crippen LogP contribution in [0, 0.1) is 0 Å². The van der Waals surface area contributed by atoms with E-state index in [1.54, 1.807) is 11.3 Å². The number of carbonyl (C=O) groups excluding carboxylic acids is 1. The number of hydrogen-bond acceptors (Lipinski definition) is 4. The first kappa shape index (κ1) is 15.0. The molecule has 1 fully saturated rings. The lowest BCUT2D eigenvalue weighted by molar-refractivity contribution is 0.0663. The van der Waals surface area contributed by atoms with E-state index in [0.717, 1.165) is 34.5 Å². The van der Waals surface area contributed by atoms with E-state index < -0.39 is 5.54 Å². The van der Waals surface area contributed by atoms with Crippen LogP contribution in [0.15, 0.2) is 30.4 Å². The van der Waals surface area contributed by atoms with Crippen molar-refractivity contribution in [1.82, 2.24) is 9.88 Å². The van der Waals surface area contributed by atoms with E-state index in [9.17, 15) is 4.79 Å². The average Bonchev–Trinajstić information content (AvgIpc) is 3.07. The van der Waals surface area contributed by atoms with Crippen LogP contribution in [-0.2, 0) is 10.3 Å². The zero-order valence-corrected chi connectivity index (χ0v) is 14.4. The van der Waals surface area contributed by atoms with Crippen LogP contribution in [0.5, 0.6) is 0 Å². The molecule has 0 saturated carbocycles. The molecule has 2 bridgehead atoms. The first-order valence-corrected chi connectivity index (χ1v) is 9.04. The van der Waals surface area contributed by atoms with Crippen molar-refractivity contribution in [3.05, 3.63) is 40.4 Å². The molecule has 0 aliphatic carbocycles. The zero-order chi connectivity index (χ0) is 16.0. The predicted molar refractivity (Wildman–Crippen MR) is 91.9 cm³/mol. The van der Waals surface area contributed by atoms with Crippen LogP contribution in [0.25, 0.3) is 10.2 Å². The van der Waals surface area contributed by atoms with Crippen LogP contribution in [0.3, 0.4) is 0 Å². The molecule has 4 rings (SSSR count). The minimum absolute atomic E-state index is 0.196. The van der Waals surface area contributed by atoms with Gasteiger partial charge in [0.1, 0.15) is 16.1 Å². The highest BCUT2D eigenvalue weighted by molar-refractivity contribution is 7.18. The van der Waals surface area contributed by atoms with Gasteiger partial charge in [0.2, 0.25) is 0 Å². The van der Waals surface area contributed by atoms with Gasteiger partial charge in [0.05, 0.1) is 16.3 Å². The predicted octanol–water partition coefficient (Wildman–Crippen LogP) is 4.73. The van der Waals surface area contributed by atoms with Gasteiger partial charge < -0.3 is 4.74 Å². The minimum atomic E-state index is -0.484. The lowest BCUT2D eigenvalue weighted by Gasteiger charge is -2.39. The quantitative estimate of drug-likeness (QED) is 0.737. The van der Waals surface area contributed by atoms with Crippen molar-refractivity contribution in [2.45, 2.75) is 37.8 Å². The molecule has 3 heterocycles. The molecular weight excluding hydrogens is 332 g/mol. The van der Waals surface area contributed by atoms with Crippen molar-refractivity contribution < 1.29 is 9.53 Å². The van der Waals surface area contributed by atoms with E-state index in [1.165, 1.54) is 0 Å². The molecule has 120 valence electrons. The Kier molecular flexibility index (Phi) is 3.58. The molecule has 2 aliphatic rings. The van der Waals surface area contributed by atoms with E-state index in [4.69, 9.17) is 21.3 Å². The first-order chi connectivity index (χ1) is 11.2. The third-order valence-corrected chi connectivity index (χ3v) is 6.15. The van der Waals surface area contributed by atoms with Gasteiger partial charge in [-0.25, -0.2) is 9.78 Å². The smallest absolute Gasteiger partial charge is 0.411 e. The number of thiazole rings is 1. The van der Waals surface area contributed by atoms with Crippen LogP contribution >= 0.6 is 22.9 Å². The van der Waals surface area contributed by atoms with Crippen molar-refractivity contribution >= 4 is 39.2 Å².